The number of hydrogen-bond acceptors (Lipinski definition) is 2. The van der Waals surface area contributed by atoms with Gasteiger partial charge in [-0.05, 0) is 36.8 Å². The Kier molecular flexibility index (Phi) is 3.12. The van der Waals surface area contributed by atoms with E-state index in [1.807, 2.05) is 36.6 Å². The fraction of sp³-hybridized carbons (Fsp3) is 0.273. The molecule has 2 rings (SSSR count). The van der Waals surface area contributed by atoms with Gasteiger partial charge in [-0.25, -0.2) is 0 Å². The van der Waals surface area contributed by atoms with Crippen LogP contribution in [0.5, 0.6) is 0 Å². The second-order valence-electron chi connectivity index (χ2n) is 3.56. The Labute approximate surface area is 104 Å². The molecule has 0 spiro atoms. The van der Waals surface area contributed by atoms with Crippen molar-refractivity contribution in [2.24, 2.45) is 0 Å². The van der Waals surface area contributed by atoms with E-state index < -0.39 is 0 Å². The van der Waals surface area contributed by atoms with E-state index in [-0.39, 0.29) is 0 Å². The van der Waals surface area contributed by atoms with Crippen LogP contribution in [0.25, 0.3) is 5.69 Å². The first-order chi connectivity index (χ1) is 7.63. The van der Waals surface area contributed by atoms with Gasteiger partial charge in [0.2, 0.25) is 0 Å². The van der Waals surface area contributed by atoms with E-state index in [1.54, 1.807) is 0 Å². The van der Waals surface area contributed by atoms with Gasteiger partial charge in [0.1, 0.15) is 5.82 Å². The molecule has 1 aromatic carbocycles. The first-order valence-electron chi connectivity index (χ1n) is 5.06. The highest BCUT2D eigenvalue weighted by atomic mass is 35.5. The van der Waals surface area contributed by atoms with Crippen molar-refractivity contribution >= 4 is 23.8 Å². The molecule has 2 aromatic rings. The van der Waals surface area contributed by atoms with Crippen LogP contribution in [0.1, 0.15) is 18.3 Å². The molecule has 0 saturated heterocycles. The smallest absolute Gasteiger partial charge is 0.199 e. The lowest BCUT2D eigenvalue weighted by molar-refractivity contribution is 0.875. The minimum atomic E-state index is 0.599. The summed E-state index contributed by atoms with van der Waals surface area (Å²) in [7, 11) is 0. The number of benzene rings is 1. The van der Waals surface area contributed by atoms with E-state index in [2.05, 4.69) is 10.2 Å². The molecule has 0 fully saturated rings. The molecule has 1 N–H and O–H groups in total. The number of halogens is 1. The van der Waals surface area contributed by atoms with Crippen molar-refractivity contribution in [2.75, 3.05) is 0 Å². The molecule has 1 heterocycles. The van der Waals surface area contributed by atoms with Crippen molar-refractivity contribution < 1.29 is 0 Å². The Bertz CT molecular complexity index is 571. The summed E-state index contributed by atoms with van der Waals surface area (Å²) in [5, 5.41) is 7.69. The average Bonchev–Trinajstić information content (AvgIpc) is 2.63. The molecule has 0 saturated carbocycles. The zero-order valence-corrected chi connectivity index (χ0v) is 10.7. The predicted octanol–water partition coefficient (Wildman–Crippen LogP) is 3.45. The molecule has 5 heteroatoms. The third kappa shape index (κ3) is 1.90. The normalized spacial score (nSPS) is 10.7. The molecule has 0 amide bonds. The number of rotatable bonds is 2. The van der Waals surface area contributed by atoms with Crippen molar-refractivity contribution in [2.45, 2.75) is 20.3 Å². The topological polar surface area (TPSA) is 33.6 Å². The van der Waals surface area contributed by atoms with E-state index in [9.17, 15) is 0 Å². The fourth-order valence-corrected chi connectivity index (χ4v) is 2.05. The lowest BCUT2D eigenvalue weighted by Crippen LogP contribution is -2.02. The van der Waals surface area contributed by atoms with Gasteiger partial charge < -0.3 is 0 Å². The van der Waals surface area contributed by atoms with Crippen molar-refractivity contribution in [1.82, 2.24) is 14.8 Å². The third-order valence-electron chi connectivity index (χ3n) is 2.47. The van der Waals surface area contributed by atoms with Gasteiger partial charge in [0.05, 0.1) is 5.69 Å². The van der Waals surface area contributed by atoms with Gasteiger partial charge in [0, 0.05) is 11.4 Å². The number of hydrogen-bond donors (Lipinski definition) is 1. The Morgan fingerprint density at radius 3 is 2.94 bits per heavy atom. The molecule has 0 aliphatic heterocycles. The van der Waals surface area contributed by atoms with Crippen LogP contribution in [0.15, 0.2) is 18.2 Å². The maximum absolute atomic E-state index is 6.00. The lowest BCUT2D eigenvalue weighted by Gasteiger charge is -2.09. The Morgan fingerprint density at radius 2 is 2.25 bits per heavy atom. The van der Waals surface area contributed by atoms with Gasteiger partial charge in [0.25, 0.3) is 0 Å². The minimum Gasteiger partial charge on any atom is -0.272 e. The summed E-state index contributed by atoms with van der Waals surface area (Å²) in [5.41, 5.74) is 2.11. The minimum absolute atomic E-state index is 0.599. The summed E-state index contributed by atoms with van der Waals surface area (Å²) in [6.45, 7) is 4.07. The van der Waals surface area contributed by atoms with Crippen LogP contribution in [0.2, 0.25) is 5.02 Å². The molecule has 0 radical (unpaired) electrons. The van der Waals surface area contributed by atoms with Crippen LogP contribution in [0.3, 0.4) is 0 Å². The van der Waals surface area contributed by atoms with E-state index in [4.69, 9.17) is 23.8 Å². The van der Waals surface area contributed by atoms with E-state index in [1.165, 1.54) is 0 Å². The van der Waals surface area contributed by atoms with Gasteiger partial charge in [0.15, 0.2) is 4.77 Å². The van der Waals surface area contributed by atoms with Crippen LogP contribution in [-0.2, 0) is 6.42 Å². The molecule has 0 aliphatic carbocycles. The van der Waals surface area contributed by atoms with Gasteiger partial charge in [-0.1, -0.05) is 24.6 Å². The summed E-state index contributed by atoms with van der Waals surface area (Å²) >= 11 is 11.2. The Balaban J connectivity index is 2.71. The number of nitrogens with one attached hydrogen (secondary N) is 1. The second kappa shape index (κ2) is 4.39. The van der Waals surface area contributed by atoms with Crippen LogP contribution in [0.4, 0.5) is 0 Å². The standard InChI is InChI=1S/C11H12ClN3S/c1-3-10-13-14-11(16)15(10)9-6-8(12)5-4-7(9)2/h4-6H,3H2,1-2H3,(H,14,16). The number of aromatic nitrogens is 3. The molecule has 3 nitrogen and oxygen atoms in total. The summed E-state index contributed by atoms with van der Waals surface area (Å²) < 4.78 is 2.53. The predicted molar refractivity (Wildman–Crippen MR) is 67.9 cm³/mol. The first kappa shape index (κ1) is 11.4. The second-order valence-corrected chi connectivity index (χ2v) is 4.39. The van der Waals surface area contributed by atoms with Crippen LogP contribution in [0, 0.1) is 11.7 Å². The van der Waals surface area contributed by atoms with Crippen LogP contribution < -0.4 is 0 Å². The van der Waals surface area contributed by atoms with Crippen molar-refractivity contribution in [3.05, 3.63) is 39.4 Å². The monoisotopic (exact) mass is 253 g/mol. The number of aryl methyl sites for hydroxylation is 2. The van der Waals surface area contributed by atoms with Crippen molar-refractivity contribution in [3.8, 4) is 5.69 Å². The summed E-state index contributed by atoms with van der Waals surface area (Å²) in [6.07, 6.45) is 0.819. The lowest BCUT2D eigenvalue weighted by atomic mass is 10.2. The molecule has 0 aliphatic rings. The Hall–Kier alpha value is -1.13. The highest BCUT2D eigenvalue weighted by Gasteiger charge is 2.09. The van der Waals surface area contributed by atoms with Gasteiger partial charge in [-0.3, -0.25) is 9.67 Å². The zero-order valence-electron chi connectivity index (χ0n) is 9.12. The molecular formula is C11H12ClN3S. The zero-order chi connectivity index (χ0) is 11.7. The molecule has 84 valence electrons. The molecule has 1 aromatic heterocycles. The number of aromatic amines is 1. The van der Waals surface area contributed by atoms with Gasteiger partial charge in [-0.2, -0.15) is 5.10 Å². The SMILES string of the molecule is CCc1n[nH]c(=S)n1-c1cc(Cl)ccc1C. The van der Waals surface area contributed by atoms with Crippen LogP contribution >= 0.6 is 23.8 Å². The molecular weight excluding hydrogens is 242 g/mol. The van der Waals surface area contributed by atoms with E-state index in [0.29, 0.717) is 9.79 Å². The fourth-order valence-electron chi connectivity index (χ4n) is 1.64. The first-order valence-corrected chi connectivity index (χ1v) is 5.85. The summed E-state index contributed by atoms with van der Waals surface area (Å²) in [6, 6.07) is 5.75. The van der Waals surface area contributed by atoms with Crippen molar-refractivity contribution in [1.29, 1.82) is 0 Å². The van der Waals surface area contributed by atoms with Gasteiger partial charge in [-0.15, -0.1) is 0 Å². The largest absolute Gasteiger partial charge is 0.272 e. The average molecular weight is 254 g/mol. The molecule has 0 unspecified atom stereocenters. The highest BCUT2D eigenvalue weighted by Crippen LogP contribution is 2.20. The molecule has 16 heavy (non-hydrogen) atoms. The summed E-state index contributed by atoms with van der Waals surface area (Å²) in [5.74, 6) is 0.912. The highest BCUT2D eigenvalue weighted by molar-refractivity contribution is 7.71. The van der Waals surface area contributed by atoms with Crippen molar-refractivity contribution in [3.63, 3.8) is 0 Å². The van der Waals surface area contributed by atoms with E-state index >= 15 is 0 Å². The maximum atomic E-state index is 6.00. The molecule has 0 atom stereocenters. The summed E-state index contributed by atoms with van der Waals surface area (Å²) in [4.78, 5) is 0. The Morgan fingerprint density at radius 1 is 1.50 bits per heavy atom. The van der Waals surface area contributed by atoms with E-state index in [0.717, 1.165) is 23.5 Å². The third-order valence-corrected chi connectivity index (χ3v) is 2.98. The number of H-pyrrole nitrogens is 1. The maximum Gasteiger partial charge on any atom is 0.199 e. The quantitative estimate of drug-likeness (QED) is 0.832. The number of nitrogens with zero attached hydrogens (tertiary/aromatic N) is 2. The van der Waals surface area contributed by atoms with Crippen LogP contribution in [-0.4, -0.2) is 14.8 Å². The van der Waals surface area contributed by atoms with Gasteiger partial charge >= 0.3 is 0 Å². The molecule has 0 bridgehead atoms.